The minimum Gasteiger partial charge on any atom is -0.309 e. The predicted molar refractivity (Wildman–Crippen MR) is 70.5 cm³/mol. The average molecular weight is 220 g/mol. The highest BCUT2D eigenvalue weighted by atomic mass is 15.1. The Morgan fingerprint density at radius 2 is 1.75 bits per heavy atom. The van der Waals surface area contributed by atoms with E-state index in [-0.39, 0.29) is 0 Å². The van der Waals surface area contributed by atoms with Gasteiger partial charge in [-0.2, -0.15) is 0 Å². The number of hydrogen-bond acceptors (Lipinski definition) is 2. The fourth-order valence-corrected chi connectivity index (χ4v) is 1.82. The highest BCUT2D eigenvalue weighted by Gasteiger charge is 2.05. The maximum Gasteiger partial charge on any atom is 0.0208 e. The highest BCUT2D eigenvalue weighted by molar-refractivity contribution is 5.14. The number of hydrogen-bond donors (Lipinski definition) is 1. The van der Waals surface area contributed by atoms with E-state index in [0.717, 1.165) is 26.2 Å². The Balaban J connectivity index is 2.27. The first-order valence-corrected chi connectivity index (χ1v) is 6.25. The Morgan fingerprint density at radius 3 is 2.31 bits per heavy atom. The Bertz CT molecular complexity index is 267. The summed E-state index contributed by atoms with van der Waals surface area (Å²) >= 11 is 0. The Labute approximate surface area is 99.7 Å². The summed E-state index contributed by atoms with van der Waals surface area (Å²) in [5, 5.41) is 3.56. The lowest BCUT2D eigenvalue weighted by molar-refractivity contribution is 0.270. The summed E-state index contributed by atoms with van der Waals surface area (Å²) in [5.74, 6) is 0. The molecule has 1 N–H and O–H groups in total. The Hall–Kier alpha value is -0.860. The van der Waals surface area contributed by atoms with Crippen LogP contribution in [0.2, 0.25) is 0 Å². The lowest BCUT2D eigenvalue weighted by Crippen LogP contribution is -2.38. The van der Waals surface area contributed by atoms with Gasteiger partial charge >= 0.3 is 0 Å². The lowest BCUT2D eigenvalue weighted by Gasteiger charge is -2.23. The van der Waals surface area contributed by atoms with E-state index in [4.69, 9.17) is 0 Å². The van der Waals surface area contributed by atoms with E-state index in [0.29, 0.717) is 6.04 Å². The second-order valence-corrected chi connectivity index (χ2v) is 4.25. The maximum absolute atomic E-state index is 3.56. The van der Waals surface area contributed by atoms with Crippen LogP contribution in [0, 0.1) is 0 Å². The summed E-state index contributed by atoms with van der Waals surface area (Å²) in [6.07, 6.45) is 0. The number of nitrogens with zero attached hydrogens (tertiary/aromatic N) is 1. The first-order chi connectivity index (χ1) is 7.76. The van der Waals surface area contributed by atoms with Gasteiger partial charge in [-0.15, -0.1) is 0 Å². The van der Waals surface area contributed by atoms with Crippen molar-refractivity contribution in [2.24, 2.45) is 0 Å². The second kappa shape index (κ2) is 7.42. The summed E-state index contributed by atoms with van der Waals surface area (Å²) in [7, 11) is 0. The van der Waals surface area contributed by atoms with Gasteiger partial charge in [0.25, 0.3) is 0 Å². The lowest BCUT2D eigenvalue weighted by atomic mass is 10.2. The van der Waals surface area contributed by atoms with E-state index in [9.17, 15) is 0 Å². The van der Waals surface area contributed by atoms with Gasteiger partial charge in [-0.3, -0.25) is 0 Å². The van der Waals surface area contributed by atoms with Crippen LogP contribution in [0.1, 0.15) is 26.3 Å². The number of rotatable bonds is 7. The van der Waals surface area contributed by atoms with Gasteiger partial charge < -0.3 is 10.2 Å². The van der Waals surface area contributed by atoms with Gasteiger partial charge in [0.1, 0.15) is 0 Å². The topological polar surface area (TPSA) is 15.3 Å². The molecule has 0 saturated heterocycles. The number of nitrogens with one attached hydrogen (secondary N) is 1. The molecule has 0 fully saturated rings. The van der Waals surface area contributed by atoms with E-state index < -0.39 is 0 Å². The summed E-state index contributed by atoms with van der Waals surface area (Å²) in [4.78, 5) is 2.45. The van der Waals surface area contributed by atoms with Crippen molar-refractivity contribution < 1.29 is 0 Å². The quantitative estimate of drug-likeness (QED) is 0.759. The van der Waals surface area contributed by atoms with Gasteiger partial charge in [0.15, 0.2) is 0 Å². The van der Waals surface area contributed by atoms with Crippen molar-refractivity contribution >= 4 is 0 Å². The molecule has 0 saturated carbocycles. The second-order valence-electron chi connectivity index (χ2n) is 4.25. The third kappa shape index (κ3) is 4.77. The molecule has 1 rings (SSSR count). The Morgan fingerprint density at radius 1 is 1.12 bits per heavy atom. The molecule has 2 nitrogen and oxygen atoms in total. The van der Waals surface area contributed by atoms with Crippen LogP contribution in [0.15, 0.2) is 30.3 Å². The van der Waals surface area contributed by atoms with Gasteiger partial charge in [0.05, 0.1) is 0 Å². The number of benzene rings is 1. The van der Waals surface area contributed by atoms with Gasteiger partial charge in [-0.05, 0) is 25.6 Å². The molecule has 0 aromatic heterocycles. The van der Waals surface area contributed by atoms with Crippen LogP contribution in [0.3, 0.4) is 0 Å². The molecule has 1 atom stereocenters. The van der Waals surface area contributed by atoms with Crippen molar-refractivity contribution in [3.8, 4) is 0 Å². The van der Waals surface area contributed by atoms with E-state index in [1.165, 1.54) is 5.56 Å². The molecular weight excluding hydrogens is 196 g/mol. The Kier molecular flexibility index (Phi) is 6.12. The molecule has 0 amide bonds. The molecule has 0 unspecified atom stereocenters. The van der Waals surface area contributed by atoms with E-state index in [1.54, 1.807) is 0 Å². The molecule has 1 aromatic carbocycles. The molecule has 0 radical (unpaired) electrons. The first kappa shape index (κ1) is 13.2. The third-order valence-electron chi connectivity index (χ3n) is 2.92. The van der Waals surface area contributed by atoms with Crippen LogP contribution in [0.4, 0.5) is 0 Å². The minimum absolute atomic E-state index is 0.542. The SMILES string of the molecule is CCN(CC)C[C@H](C)NCc1ccccc1. The molecule has 0 aliphatic rings. The molecule has 0 bridgehead atoms. The van der Waals surface area contributed by atoms with Crippen molar-refractivity contribution in [1.82, 2.24) is 10.2 Å². The molecular formula is C14H24N2. The van der Waals surface area contributed by atoms with Gasteiger partial charge in [-0.1, -0.05) is 44.2 Å². The van der Waals surface area contributed by atoms with E-state index in [2.05, 4.69) is 61.3 Å². The van der Waals surface area contributed by atoms with E-state index >= 15 is 0 Å². The van der Waals surface area contributed by atoms with Crippen LogP contribution in [-0.4, -0.2) is 30.6 Å². The summed E-state index contributed by atoms with van der Waals surface area (Å²) in [6, 6.07) is 11.1. The smallest absolute Gasteiger partial charge is 0.0208 e. The van der Waals surface area contributed by atoms with Gasteiger partial charge in [-0.25, -0.2) is 0 Å². The fourth-order valence-electron chi connectivity index (χ4n) is 1.82. The van der Waals surface area contributed by atoms with Crippen molar-refractivity contribution in [2.45, 2.75) is 33.4 Å². The van der Waals surface area contributed by atoms with E-state index in [1.807, 2.05) is 0 Å². The normalized spacial score (nSPS) is 13.0. The molecule has 0 spiro atoms. The zero-order valence-corrected chi connectivity index (χ0v) is 10.7. The summed E-state index contributed by atoms with van der Waals surface area (Å²) in [6.45, 7) is 11.0. The van der Waals surface area contributed by atoms with Crippen LogP contribution in [0.25, 0.3) is 0 Å². The van der Waals surface area contributed by atoms with Crippen molar-refractivity contribution in [2.75, 3.05) is 19.6 Å². The maximum atomic E-state index is 3.56. The predicted octanol–water partition coefficient (Wildman–Crippen LogP) is 2.51. The van der Waals surface area contributed by atoms with Crippen LogP contribution >= 0.6 is 0 Å². The molecule has 16 heavy (non-hydrogen) atoms. The molecule has 2 heteroatoms. The van der Waals surface area contributed by atoms with Crippen LogP contribution in [0.5, 0.6) is 0 Å². The fraction of sp³-hybridized carbons (Fsp3) is 0.571. The average Bonchev–Trinajstić information content (AvgIpc) is 2.34. The zero-order valence-electron chi connectivity index (χ0n) is 10.7. The third-order valence-corrected chi connectivity index (χ3v) is 2.92. The monoisotopic (exact) mass is 220 g/mol. The van der Waals surface area contributed by atoms with Crippen molar-refractivity contribution in [3.63, 3.8) is 0 Å². The van der Waals surface area contributed by atoms with Crippen molar-refractivity contribution in [1.29, 1.82) is 0 Å². The highest BCUT2D eigenvalue weighted by Crippen LogP contribution is 1.99. The molecule has 0 aliphatic heterocycles. The van der Waals surface area contributed by atoms with Gasteiger partial charge in [0.2, 0.25) is 0 Å². The van der Waals surface area contributed by atoms with Gasteiger partial charge in [0, 0.05) is 19.1 Å². The first-order valence-electron chi connectivity index (χ1n) is 6.25. The molecule has 0 aliphatic carbocycles. The molecule has 1 aromatic rings. The number of likely N-dealkylation sites (N-methyl/N-ethyl adjacent to an activating group) is 1. The molecule has 90 valence electrons. The van der Waals surface area contributed by atoms with Crippen LogP contribution < -0.4 is 5.32 Å². The standard InChI is InChI=1S/C14H24N2/c1-4-16(5-2)12-13(3)15-11-14-9-7-6-8-10-14/h6-10,13,15H,4-5,11-12H2,1-3H3/t13-/m0/s1. The summed E-state index contributed by atoms with van der Waals surface area (Å²) in [5.41, 5.74) is 1.36. The molecule has 0 heterocycles. The largest absolute Gasteiger partial charge is 0.309 e. The summed E-state index contributed by atoms with van der Waals surface area (Å²) < 4.78 is 0. The minimum atomic E-state index is 0.542. The van der Waals surface area contributed by atoms with Crippen LogP contribution in [-0.2, 0) is 6.54 Å². The van der Waals surface area contributed by atoms with Crippen molar-refractivity contribution in [3.05, 3.63) is 35.9 Å². The zero-order chi connectivity index (χ0) is 11.8.